The number of hydrogen-bond donors (Lipinski definition) is 1. The van der Waals surface area contributed by atoms with Crippen LogP contribution in [0, 0.1) is 4.77 Å². The van der Waals surface area contributed by atoms with E-state index < -0.39 is 0 Å². The van der Waals surface area contributed by atoms with E-state index in [2.05, 4.69) is 9.97 Å². The van der Waals surface area contributed by atoms with Gasteiger partial charge in [0, 0.05) is 6.07 Å². The summed E-state index contributed by atoms with van der Waals surface area (Å²) < 4.78 is 12.8. The quantitative estimate of drug-likeness (QED) is 0.752. The summed E-state index contributed by atoms with van der Waals surface area (Å²) in [4.78, 5) is 7.58. The minimum atomic E-state index is 0.550. The minimum absolute atomic E-state index is 0.550. The minimum Gasteiger partial charge on any atom is -0.497 e. The Kier molecular flexibility index (Phi) is 3.15. The fourth-order valence-corrected chi connectivity index (χ4v) is 2.35. The zero-order valence-electron chi connectivity index (χ0n) is 11.1. The second-order valence-electron chi connectivity index (χ2n) is 4.19. The fourth-order valence-electron chi connectivity index (χ4n) is 2.05. The SMILES string of the molecule is COc1ccc(-n2c(=S)[nH]c3ccc(OC)nc32)cc1. The van der Waals surface area contributed by atoms with E-state index in [0.29, 0.717) is 10.7 Å². The molecule has 2 aromatic heterocycles. The van der Waals surface area contributed by atoms with Gasteiger partial charge in [0.15, 0.2) is 10.4 Å². The lowest BCUT2D eigenvalue weighted by atomic mass is 10.3. The molecule has 3 aromatic rings. The van der Waals surface area contributed by atoms with E-state index in [1.165, 1.54) is 0 Å². The molecule has 0 spiro atoms. The lowest BCUT2D eigenvalue weighted by Gasteiger charge is -2.06. The molecule has 0 aliphatic rings. The van der Waals surface area contributed by atoms with Gasteiger partial charge in [-0.3, -0.25) is 4.57 Å². The average molecular weight is 287 g/mol. The molecule has 0 atom stereocenters. The highest BCUT2D eigenvalue weighted by molar-refractivity contribution is 7.71. The highest BCUT2D eigenvalue weighted by Crippen LogP contribution is 2.22. The van der Waals surface area contributed by atoms with Crippen LogP contribution in [0.3, 0.4) is 0 Å². The van der Waals surface area contributed by atoms with E-state index in [1.54, 1.807) is 20.3 Å². The summed E-state index contributed by atoms with van der Waals surface area (Å²) >= 11 is 5.37. The first-order valence-corrected chi connectivity index (χ1v) is 6.44. The zero-order valence-corrected chi connectivity index (χ0v) is 11.9. The number of ether oxygens (including phenoxy) is 2. The van der Waals surface area contributed by atoms with Gasteiger partial charge in [0.25, 0.3) is 0 Å². The van der Waals surface area contributed by atoms with Crippen molar-refractivity contribution < 1.29 is 9.47 Å². The van der Waals surface area contributed by atoms with Crippen LogP contribution in [0.1, 0.15) is 0 Å². The van der Waals surface area contributed by atoms with Gasteiger partial charge >= 0.3 is 0 Å². The summed E-state index contributed by atoms with van der Waals surface area (Å²) in [5, 5.41) is 0. The zero-order chi connectivity index (χ0) is 14.1. The Morgan fingerprint density at radius 1 is 1.05 bits per heavy atom. The first kappa shape index (κ1) is 12.7. The first-order valence-electron chi connectivity index (χ1n) is 6.03. The molecule has 1 aromatic carbocycles. The van der Waals surface area contributed by atoms with Crippen molar-refractivity contribution in [3.8, 4) is 17.3 Å². The Hall–Kier alpha value is -2.34. The Morgan fingerprint density at radius 2 is 1.80 bits per heavy atom. The molecule has 20 heavy (non-hydrogen) atoms. The lowest BCUT2D eigenvalue weighted by Crippen LogP contribution is -1.97. The maximum Gasteiger partial charge on any atom is 0.215 e. The summed E-state index contributed by atoms with van der Waals surface area (Å²) in [7, 11) is 3.23. The van der Waals surface area contributed by atoms with Crippen molar-refractivity contribution in [3.05, 3.63) is 41.2 Å². The largest absolute Gasteiger partial charge is 0.497 e. The number of aromatic nitrogens is 3. The molecule has 0 bridgehead atoms. The monoisotopic (exact) mass is 287 g/mol. The van der Waals surface area contributed by atoms with Gasteiger partial charge in [-0.2, -0.15) is 4.98 Å². The molecule has 0 saturated heterocycles. The van der Waals surface area contributed by atoms with E-state index in [1.807, 2.05) is 34.9 Å². The average Bonchev–Trinajstić information content (AvgIpc) is 2.82. The van der Waals surface area contributed by atoms with Gasteiger partial charge in [0.05, 0.1) is 25.4 Å². The Bertz CT molecular complexity index is 805. The normalized spacial score (nSPS) is 10.7. The van der Waals surface area contributed by atoms with Crippen molar-refractivity contribution >= 4 is 23.4 Å². The predicted octanol–water partition coefficient (Wildman–Crippen LogP) is 3.10. The predicted molar refractivity (Wildman–Crippen MR) is 79.4 cm³/mol. The summed E-state index contributed by atoms with van der Waals surface area (Å²) in [6, 6.07) is 11.3. The van der Waals surface area contributed by atoms with Crippen LogP contribution in [0.25, 0.3) is 16.9 Å². The number of hydrogen-bond acceptors (Lipinski definition) is 4. The molecule has 0 aliphatic heterocycles. The second kappa shape index (κ2) is 4.97. The molecule has 0 saturated carbocycles. The Labute approximate surface area is 120 Å². The van der Waals surface area contributed by atoms with Gasteiger partial charge in [-0.25, -0.2) is 0 Å². The third kappa shape index (κ3) is 2.04. The van der Waals surface area contributed by atoms with E-state index in [9.17, 15) is 0 Å². The molecule has 0 unspecified atom stereocenters. The number of aromatic amines is 1. The number of benzene rings is 1. The van der Waals surface area contributed by atoms with Crippen LogP contribution < -0.4 is 9.47 Å². The molecular weight excluding hydrogens is 274 g/mol. The summed E-state index contributed by atoms with van der Waals surface area (Å²) in [6.07, 6.45) is 0. The van der Waals surface area contributed by atoms with Crippen LogP contribution in [-0.2, 0) is 0 Å². The molecular formula is C14H13N3O2S. The van der Waals surface area contributed by atoms with Crippen LogP contribution in [-0.4, -0.2) is 28.8 Å². The molecule has 5 nitrogen and oxygen atoms in total. The van der Waals surface area contributed by atoms with Gasteiger partial charge in [0.2, 0.25) is 5.88 Å². The number of nitrogens with zero attached hydrogens (tertiary/aromatic N) is 2. The van der Waals surface area contributed by atoms with Gasteiger partial charge < -0.3 is 14.5 Å². The van der Waals surface area contributed by atoms with Crippen molar-refractivity contribution in [2.45, 2.75) is 0 Å². The Morgan fingerprint density at radius 3 is 2.45 bits per heavy atom. The molecule has 2 heterocycles. The van der Waals surface area contributed by atoms with Crippen LogP contribution in [0.15, 0.2) is 36.4 Å². The van der Waals surface area contributed by atoms with Crippen LogP contribution in [0.2, 0.25) is 0 Å². The number of fused-ring (bicyclic) bond motifs is 1. The van der Waals surface area contributed by atoms with Crippen molar-refractivity contribution in [3.63, 3.8) is 0 Å². The number of imidazole rings is 1. The van der Waals surface area contributed by atoms with Crippen molar-refractivity contribution in [1.29, 1.82) is 0 Å². The molecule has 0 aliphatic carbocycles. The molecule has 1 N–H and O–H groups in total. The lowest BCUT2D eigenvalue weighted by molar-refractivity contribution is 0.399. The van der Waals surface area contributed by atoms with Gasteiger partial charge in [-0.05, 0) is 42.5 Å². The molecule has 6 heteroatoms. The van der Waals surface area contributed by atoms with Crippen LogP contribution in [0.4, 0.5) is 0 Å². The van der Waals surface area contributed by atoms with E-state index in [4.69, 9.17) is 21.7 Å². The number of rotatable bonds is 3. The standard InChI is InChI=1S/C14H13N3O2S/c1-18-10-5-3-9(4-6-10)17-13-11(15-14(17)20)7-8-12(16-13)19-2/h3-8H,1-2H3,(H,15,20). The van der Waals surface area contributed by atoms with Crippen LogP contribution in [0.5, 0.6) is 11.6 Å². The number of methoxy groups -OCH3 is 2. The molecule has 102 valence electrons. The topological polar surface area (TPSA) is 52.1 Å². The van der Waals surface area contributed by atoms with E-state index in [-0.39, 0.29) is 0 Å². The van der Waals surface area contributed by atoms with Crippen molar-refractivity contribution in [2.24, 2.45) is 0 Å². The van der Waals surface area contributed by atoms with E-state index >= 15 is 0 Å². The van der Waals surface area contributed by atoms with Crippen molar-refractivity contribution in [2.75, 3.05) is 14.2 Å². The van der Waals surface area contributed by atoms with Crippen LogP contribution >= 0.6 is 12.2 Å². The summed E-state index contributed by atoms with van der Waals surface area (Å²) in [6.45, 7) is 0. The maximum absolute atomic E-state index is 5.37. The second-order valence-corrected chi connectivity index (χ2v) is 4.58. The van der Waals surface area contributed by atoms with Gasteiger partial charge in [-0.1, -0.05) is 0 Å². The highest BCUT2D eigenvalue weighted by atomic mass is 32.1. The fraction of sp³-hybridized carbons (Fsp3) is 0.143. The third-order valence-corrected chi connectivity index (χ3v) is 3.33. The molecule has 3 rings (SSSR count). The number of H-pyrrole nitrogens is 1. The third-order valence-electron chi connectivity index (χ3n) is 3.05. The summed E-state index contributed by atoms with van der Waals surface area (Å²) in [5.74, 6) is 1.35. The maximum atomic E-state index is 5.37. The highest BCUT2D eigenvalue weighted by Gasteiger charge is 2.09. The number of pyridine rings is 1. The van der Waals surface area contributed by atoms with Gasteiger partial charge in [0.1, 0.15) is 5.75 Å². The molecule has 0 radical (unpaired) electrons. The smallest absolute Gasteiger partial charge is 0.215 e. The van der Waals surface area contributed by atoms with Crippen molar-refractivity contribution in [1.82, 2.24) is 14.5 Å². The van der Waals surface area contributed by atoms with Gasteiger partial charge in [-0.15, -0.1) is 0 Å². The first-order chi connectivity index (χ1) is 9.72. The number of nitrogens with one attached hydrogen (secondary N) is 1. The van der Waals surface area contributed by atoms with E-state index in [0.717, 1.165) is 22.6 Å². The molecule has 0 fully saturated rings. The molecule has 0 amide bonds. The Balaban J connectivity index is 2.23. The summed E-state index contributed by atoms with van der Waals surface area (Å²) in [5.41, 5.74) is 2.52.